The van der Waals surface area contributed by atoms with Crippen molar-refractivity contribution >= 4 is 17.6 Å². The predicted molar refractivity (Wildman–Crippen MR) is 103 cm³/mol. The first-order chi connectivity index (χ1) is 14.0. The molecule has 1 atom stereocenters. The lowest BCUT2D eigenvalue weighted by atomic mass is 10.1. The van der Waals surface area contributed by atoms with Gasteiger partial charge in [-0.2, -0.15) is 0 Å². The molecule has 0 aliphatic carbocycles. The second-order valence-corrected chi connectivity index (χ2v) is 6.55. The number of benzene rings is 1. The standard InChI is InChI=1S/C19H27F3N4O3/c1-2-23-19(24-7-3-8-28-11-13-6-9-29-12-13)25-10-16(27)26-15-5-4-14(20)17(21)18(15)22/h4-5,13H,2-3,6-12H2,1H3,(H,26,27)(H2,23,24,25). The Bertz CT molecular complexity index is 698. The van der Waals surface area contributed by atoms with Crippen molar-refractivity contribution in [2.24, 2.45) is 10.9 Å². The molecule has 7 nitrogen and oxygen atoms in total. The zero-order valence-corrected chi connectivity index (χ0v) is 16.4. The van der Waals surface area contributed by atoms with E-state index >= 15 is 0 Å². The number of carbonyl (C=O) groups is 1. The van der Waals surface area contributed by atoms with Crippen molar-refractivity contribution in [2.45, 2.75) is 19.8 Å². The maximum atomic E-state index is 13.6. The number of nitrogens with one attached hydrogen (secondary N) is 3. The third-order valence-corrected chi connectivity index (χ3v) is 4.17. The Hall–Kier alpha value is -2.33. The van der Waals surface area contributed by atoms with E-state index in [4.69, 9.17) is 9.47 Å². The van der Waals surface area contributed by atoms with Crippen molar-refractivity contribution < 1.29 is 27.4 Å². The average molecular weight is 416 g/mol. The van der Waals surface area contributed by atoms with Gasteiger partial charge in [0, 0.05) is 32.2 Å². The Morgan fingerprint density at radius 1 is 1.28 bits per heavy atom. The monoisotopic (exact) mass is 416 g/mol. The van der Waals surface area contributed by atoms with Crippen LogP contribution in [-0.2, 0) is 14.3 Å². The van der Waals surface area contributed by atoms with E-state index in [0.29, 0.717) is 38.2 Å². The number of amides is 1. The Balaban J connectivity index is 1.71. The highest BCUT2D eigenvalue weighted by atomic mass is 19.2. The summed E-state index contributed by atoms with van der Waals surface area (Å²) in [6, 6.07) is 1.70. The van der Waals surface area contributed by atoms with Gasteiger partial charge in [-0.15, -0.1) is 0 Å². The Morgan fingerprint density at radius 2 is 2.10 bits per heavy atom. The first-order valence-electron chi connectivity index (χ1n) is 9.62. The van der Waals surface area contributed by atoms with Crippen molar-refractivity contribution in [1.29, 1.82) is 0 Å². The lowest BCUT2D eigenvalue weighted by molar-refractivity contribution is -0.114. The fourth-order valence-corrected chi connectivity index (χ4v) is 2.65. The molecule has 1 aromatic rings. The molecule has 1 aliphatic rings. The van der Waals surface area contributed by atoms with Crippen molar-refractivity contribution in [3.8, 4) is 0 Å². The number of rotatable bonds is 10. The second kappa shape index (κ2) is 12.3. The van der Waals surface area contributed by atoms with Crippen molar-refractivity contribution in [3.63, 3.8) is 0 Å². The van der Waals surface area contributed by atoms with Crippen LogP contribution in [0.25, 0.3) is 0 Å². The Kier molecular flexibility index (Phi) is 9.72. The molecule has 0 spiro atoms. The number of guanidine groups is 1. The molecule has 1 amide bonds. The van der Waals surface area contributed by atoms with Crippen LogP contribution in [0.5, 0.6) is 0 Å². The highest BCUT2D eigenvalue weighted by molar-refractivity contribution is 5.94. The molecule has 1 unspecified atom stereocenters. The molecule has 3 N–H and O–H groups in total. The largest absolute Gasteiger partial charge is 0.381 e. The van der Waals surface area contributed by atoms with Crippen LogP contribution in [0.4, 0.5) is 18.9 Å². The summed E-state index contributed by atoms with van der Waals surface area (Å²) >= 11 is 0. The lowest BCUT2D eigenvalue weighted by Crippen LogP contribution is -2.38. The topological polar surface area (TPSA) is 84.0 Å². The van der Waals surface area contributed by atoms with Gasteiger partial charge in [-0.05, 0) is 31.9 Å². The number of nitrogens with zero attached hydrogens (tertiary/aromatic N) is 1. The number of carbonyl (C=O) groups excluding carboxylic acids is 1. The summed E-state index contributed by atoms with van der Waals surface area (Å²) in [6.07, 6.45) is 1.79. The second-order valence-electron chi connectivity index (χ2n) is 6.55. The van der Waals surface area contributed by atoms with Crippen LogP contribution < -0.4 is 16.0 Å². The van der Waals surface area contributed by atoms with Gasteiger partial charge in [0.25, 0.3) is 0 Å². The fraction of sp³-hybridized carbons (Fsp3) is 0.579. The number of halogens is 3. The summed E-state index contributed by atoms with van der Waals surface area (Å²) in [5, 5.41) is 8.22. The van der Waals surface area contributed by atoms with E-state index in [0.717, 1.165) is 38.2 Å². The molecular formula is C19H27F3N4O3. The molecule has 1 aliphatic heterocycles. The third kappa shape index (κ3) is 7.90. The average Bonchev–Trinajstić information content (AvgIpc) is 3.22. The van der Waals surface area contributed by atoms with E-state index in [9.17, 15) is 18.0 Å². The summed E-state index contributed by atoms with van der Waals surface area (Å²) in [5.74, 6) is -4.18. The zero-order chi connectivity index (χ0) is 21.1. The number of hydrogen-bond acceptors (Lipinski definition) is 4. The third-order valence-electron chi connectivity index (χ3n) is 4.17. The van der Waals surface area contributed by atoms with E-state index in [2.05, 4.69) is 20.9 Å². The molecule has 0 radical (unpaired) electrons. The van der Waals surface area contributed by atoms with Crippen LogP contribution in [0.15, 0.2) is 17.1 Å². The molecule has 29 heavy (non-hydrogen) atoms. The fourth-order valence-electron chi connectivity index (χ4n) is 2.65. The van der Waals surface area contributed by atoms with Crippen LogP contribution >= 0.6 is 0 Å². The molecule has 1 fully saturated rings. The van der Waals surface area contributed by atoms with Gasteiger partial charge in [0.15, 0.2) is 23.4 Å². The molecular weight excluding hydrogens is 389 g/mol. The molecule has 2 rings (SSSR count). The van der Waals surface area contributed by atoms with Gasteiger partial charge in [0.2, 0.25) is 5.91 Å². The molecule has 10 heteroatoms. The van der Waals surface area contributed by atoms with Gasteiger partial charge >= 0.3 is 0 Å². The van der Waals surface area contributed by atoms with E-state index < -0.39 is 29.0 Å². The van der Waals surface area contributed by atoms with Crippen molar-refractivity contribution in [3.05, 3.63) is 29.6 Å². The normalized spacial score (nSPS) is 16.7. The molecule has 1 aromatic carbocycles. The molecule has 1 saturated heterocycles. The van der Waals surface area contributed by atoms with E-state index in [1.165, 1.54) is 0 Å². The Morgan fingerprint density at radius 3 is 2.83 bits per heavy atom. The van der Waals surface area contributed by atoms with E-state index in [1.807, 2.05) is 6.92 Å². The molecule has 0 aromatic heterocycles. The lowest BCUT2D eigenvalue weighted by Gasteiger charge is -2.12. The molecule has 1 heterocycles. The predicted octanol–water partition coefficient (Wildman–Crippen LogP) is 2.04. The summed E-state index contributed by atoms with van der Waals surface area (Å²) in [4.78, 5) is 16.0. The number of ether oxygens (including phenoxy) is 2. The van der Waals surface area contributed by atoms with Crippen molar-refractivity contribution in [1.82, 2.24) is 10.6 Å². The highest BCUT2D eigenvalue weighted by Gasteiger charge is 2.16. The maximum absolute atomic E-state index is 13.6. The summed E-state index contributed by atoms with van der Waals surface area (Å²) in [6.45, 7) is 5.58. The van der Waals surface area contributed by atoms with Crippen LogP contribution in [-0.4, -0.2) is 57.9 Å². The van der Waals surface area contributed by atoms with Gasteiger partial charge in [0.05, 0.1) is 18.9 Å². The number of hydrogen-bond donors (Lipinski definition) is 3. The minimum Gasteiger partial charge on any atom is -0.381 e. The van der Waals surface area contributed by atoms with E-state index in [-0.39, 0.29) is 6.54 Å². The van der Waals surface area contributed by atoms with Gasteiger partial charge in [-0.1, -0.05) is 0 Å². The summed E-state index contributed by atoms with van der Waals surface area (Å²) in [7, 11) is 0. The quantitative estimate of drug-likeness (QED) is 0.235. The minimum absolute atomic E-state index is 0.314. The zero-order valence-electron chi connectivity index (χ0n) is 16.4. The van der Waals surface area contributed by atoms with Crippen LogP contribution in [0.2, 0.25) is 0 Å². The van der Waals surface area contributed by atoms with Gasteiger partial charge in [-0.3, -0.25) is 4.79 Å². The SMILES string of the molecule is CCNC(=NCC(=O)Nc1ccc(F)c(F)c1F)NCCCOCC1CCOC1. The first-order valence-corrected chi connectivity index (χ1v) is 9.62. The number of anilines is 1. The van der Waals surface area contributed by atoms with Gasteiger partial charge in [0.1, 0.15) is 6.54 Å². The summed E-state index contributed by atoms with van der Waals surface area (Å²) in [5.41, 5.74) is -0.438. The molecule has 162 valence electrons. The smallest absolute Gasteiger partial charge is 0.246 e. The van der Waals surface area contributed by atoms with Crippen LogP contribution in [0, 0.1) is 23.4 Å². The van der Waals surface area contributed by atoms with Crippen LogP contribution in [0.1, 0.15) is 19.8 Å². The van der Waals surface area contributed by atoms with Gasteiger partial charge in [-0.25, -0.2) is 18.2 Å². The first kappa shape index (κ1) is 23.0. The van der Waals surface area contributed by atoms with Crippen molar-refractivity contribution in [2.75, 3.05) is 51.4 Å². The molecule has 0 bridgehead atoms. The van der Waals surface area contributed by atoms with E-state index in [1.54, 1.807) is 0 Å². The minimum atomic E-state index is -1.64. The van der Waals surface area contributed by atoms with Crippen LogP contribution in [0.3, 0.4) is 0 Å². The van der Waals surface area contributed by atoms with Gasteiger partial charge < -0.3 is 25.4 Å². The number of aliphatic imine (C=N–C) groups is 1. The highest BCUT2D eigenvalue weighted by Crippen LogP contribution is 2.19. The maximum Gasteiger partial charge on any atom is 0.246 e. The Labute approximate surface area is 168 Å². The summed E-state index contributed by atoms with van der Waals surface area (Å²) < 4.78 is 50.6. The molecule has 0 saturated carbocycles.